The van der Waals surface area contributed by atoms with Crippen LogP contribution < -0.4 is 9.64 Å². The van der Waals surface area contributed by atoms with Gasteiger partial charge in [-0.15, -0.1) is 0 Å². The molecule has 0 bridgehead atoms. The van der Waals surface area contributed by atoms with Crippen LogP contribution in [0.2, 0.25) is 0 Å². The Morgan fingerprint density at radius 2 is 1.68 bits per heavy atom. The van der Waals surface area contributed by atoms with E-state index in [1.165, 1.54) is 0 Å². The second kappa shape index (κ2) is 4.88. The van der Waals surface area contributed by atoms with Gasteiger partial charge in [-0.05, 0) is 35.2 Å². The molecule has 0 aromatic heterocycles. The third-order valence-electron chi connectivity index (χ3n) is 4.15. The maximum Gasteiger partial charge on any atom is 0.259 e. The summed E-state index contributed by atoms with van der Waals surface area (Å²) in [6.45, 7) is 0.566. The van der Waals surface area contributed by atoms with E-state index >= 15 is 0 Å². The van der Waals surface area contributed by atoms with E-state index in [1.807, 2.05) is 65.6 Å². The minimum atomic E-state index is 0.0719. The van der Waals surface area contributed by atoms with Crippen LogP contribution >= 0.6 is 0 Å². The van der Waals surface area contributed by atoms with Crippen molar-refractivity contribution in [1.82, 2.24) is 0 Å². The third-order valence-corrected chi connectivity index (χ3v) is 4.15. The van der Waals surface area contributed by atoms with E-state index in [4.69, 9.17) is 4.74 Å². The molecule has 0 saturated carbocycles. The molecule has 0 saturated heterocycles. The van der Waals surface area contributed by atoms with Crippen molar-refractivity contribution in [2.45, 2.75) is 6.54 Å². The fourth-order valence-corrected chi connectivity index (χ4v) is 3.05. The fourth-order valence-electron chi connectivity index (χ4n) is 3.05. The quantitative estimate of drug-likeness (QED) is 0.729. The molecule has 0 radical (unpaired) electrons. The highest BCUT2D eigenvalue weighted by Gasteiger charge is 2.29. The standard InChI is InChI=1S/C19H15NO2/c1-22-15-10-8-13(9-11-15)12-20-17-7-3-5-14-4-2-6-16(18(14)17)19(20)21/h2-11H,12H2,1H3. The molecule has 4 rings (SSSR count). The van der Waals surface area contributed by atoms with Crippen LogP contribution in [0, 0.1) is 0 Å². The minimum absolute atomic E-state index is 0.0719. The van der Waals surface area contributed by atoms with Gasteiger partial charge in [0, 0.05) is 10.9 Å². The predicted molar refractivity (Wildman–Crippen MR) is 87.5 cm³/mol. The molecule has 22 heavy (non-hydrogen) atoms. The molecule has 0 spiro atoms. The zero-order chi connectivity index (χ0) is 15.1. The lowest BCUT2D eigenvalue weighted by molar-refractivity contribution is 0.0991. The van der Waals surface area contributed by atoms with Gasteiger partial charge >= 0.3 is 0 Å². The van der Waals surface area contributed by atoms with Crippen LogP contribution in [0.15, 0.2) is 60.7 Å². The molecule has 3 heteroatoms. The van der Waals surface area contributed by atoms with Gasteiger partial charge in [-0.1, -0.05) is 36.4 Å². The number of hydrogen-bond acceptors (Lipinski definition) is 2. The first kappa shape index (κ1) is 12.9. The number of ether oxygens (including phenoxy) is 1. The molecule has 1 aliphatic rings. The molecule has 0 N–H and O–H groups in total. The van der Waals surface area contributed by atoms with Gasteiger partial charge in [0.25, 0.3) is 5.91 Å². The van der Waals surface area contributed by atoms with Crippen molar-refractivity contribution in [3.63, 3.8) is 0 Å². The fraction of sp³-hybridized carbons (Fsp3) is 0.105. The molecule has 1 aliphatic heterocycles. The molecular weight excluding hydrogens is 274 g/mol. The Labute approximate surface area is 128 Å². The first-order valence-corrected chi connectivity index (χ1v) is 7.24. The molecule has 108 valence electrons. The number of benzene rings is 3. The summed E-state index contributed by atoms with van der Waals surface area (Å²) in [7, 11) is 1.65. The highest BCUT2D eigenvalue weighted by Crippen LogP contribution is 2.37. The van der Waals surface area contributed by atoms with Gasteiger partial charge in [-0.2, -0.15) is 0 Å². The van der Waals surface area contributed by atoms with Crippen LogP contribution in [0.3, 0.4) is 0 Å². The average molecular weight is 289 g/mol. The summed E-state index contributed by atoms with van der Waals surface area (Å²) >= 11 is 0. The Morgan fingerprint density at radius 1 is 0.955 bits per heavy atom. The van der Waals surface area contributed by atoms with Crippen molar-refractivity contribution in [3.05, 3.63) is 71.8 Å². The summed E-state index contributed by atoms with van der Waals surface area (Å²) < 4.78 is 5.18. The molecule has 0 aliphatic carbocycles. The number of amides is 1. The monoisotopic (exact) mass is 289 g/mol. The van der Waals surface area contributed by atoms with Gasteiger partial charge in [0.05, 0.1) is 19.3 Å². The van der Waals surface area contributed by atoms with Crippen LogP contribution in [0.4, 0.5) is 5.69 Å². The van der Waals surface area contributed by atoms with Crippen molar-refractivity contribution in [2.75, 3.05) is 12.0 Å². The maximum atomic E-state index is 12.7. The molecule has 0 fully saturated rings. The van der Waals surface area contributed by atoms with Crippen LogP contribution in [-0.2, 0) is 6.54 Å². The molecule has 0 atom stereocenters. The lowest BCUT2D eigenvalue weighted by Crippen LogP contribution is -2.25. The van der Waals surface area contributed by atoms with Gasteiger partial charge in [0.1, 0.15) is 5.75 Å². The van der Waals surface area contributed by atoms with E-state index in [1.54, 1.807) is 7.11 Å². The van der Waals surface area contributed by atoms with E-state index in [-0.39, 0.29) is 5.91 Å². The van der Waals surface area contributed by atoms with Gasteiger partial charge in [-0.3, -0.25) is 4.79 Å². The summed E-state index contributed by atoms with van der Waals surface area (Å²) in [6, 6.07) is 19.8. The Morgan fingerprint density at radius 3 is 2.41 bits per heavy atom. The summed E-state index contributed by atoms with van der Waals surface area (Å²) in [4.78, 5) is 14.6. The lowest BCUT2D eigenvalue weighted by atomic mass is 10.1. The van der Waals surface area contributed by atoms with Crippen LogP contribution in [-0.4, -0.2) is 13.0 Å². The number of carbonyl (C=O) groups excluding carboxylic acids is 1. The number of carbonyl (C=O) groups is 1. The number of hydrogen-bond donors (Lipinski definition) is 0. The molecule has 3 aromatic rings. The summed E-state index contributed by atoms with van der Waals surface area (Å²) in [5.41, 5.74) is 2.87. The molecule has 1 heterocycles. The van der Waals surface area contributed by atoms with E-state index in [0.29, 0.717) is 6.54 Å². The van der Waals surface area contributed by atoms with Crippen molar-refractivity contribution in [1.29, 1.82) is 0 Å². The largest absolute Gasteiger partial charge is 0.497 e. The van der Waals surface area contributed by atoms with E-state index in [9.17, 15) is 4.79 Å². The van der Waals surface area contributed by atoms with Gasteiger partial charge < -0.3 is 9.64 Å². The Hall–Kier alpha value is -2.81. The van der Waals surface area contributed by atoms with Crippen LogP contribution in [0.5, 0.6) is 5.75 Å². The van der Waals surface area contributed by atoms with Crippen LogP contribution in [0.25, 0.3) is 10.8 Å². The van der Waals surface area contributed by atoms with Gasteiger partial charge in [0.15, 0.2) is 0 Å². The van der Waals surface area contributed by atoms with E-state index in [2.05, 4.69) is 0 Å². The topological polar surface area (TPSA) is 29.5 Å². The van der Waals surface area contributed by atoms with Gasteiger partial charge in [-0.25, -0.2) is 0 Å². The van der Waals surface area contributed by atoms with Crippen molar-refractivity contribution in [2.24, 2.45) is 0 Å². The average Bonchev–Trinajstić information content (AvgIpc) is 2.84. The molecule has 3 aromatic carbocycles. The SMILES string of the molecule is COc1ccc(CN2C(=O)c3cccc4cccc2c34)cc1. The molecular formula is C19H15NO2. The number of nitrogens with zero attached hydrogens (tertiary/aromatic N) is 1. The zero-order valence-electron chi connectivity index (χ0n) is 12.2. The number of rotatable bonds is 3. The Kier molecular flexibility index (Phi) is 2.86. The molecule has 0 unspecified atom stereocenters. The zero-order valence-corrected chi connectivity index (χ0v) is 12.2. The smallest absolute Gasteiger partial charge is 0.259 e. The summed E-state index contributed by atoms with van der Waals surface area (Å²) in [5, 5.41) is 2.17. The van der Waals surface area contributed by atoms with E-state index < -0.39 is 0 Å². The molecule has 1 amide bonds. The number of anilines is 1. The van der Waals surface area contributed by atoms with Crippen LogP contribution in [0.1, 0.15) is 15.9 Å². The predicted octanol–water partition coefficient (Wildman–Crippen LogP) is 4.01. The second-order valence-electron chi connectivity index (χ2n) is 5.42. The highest BCUT2D eigenvalue weighted by molar-refractivity contribution is 6.24. The van der Waals surface area contributed by atoms with Crippen molar-refractivity contribution < 1.29 is 9.53 Å². The Balaban J connectivity index is 1.75. The first-order valence-electron chi connectivity index (χ1n) is 7.24. The second-order valence-corrected chi connectivity index (χ2v) is 5.42. The highest BCUT2D eigenvalue weighted by atomic mass is 16.5. The normalized spacial score (nSPS) is 13.0. The lowest BCUT2D eigenvalue weighted by Gasteiger charge is -2.18. The minimum Gasteiger partial charge on any atom is -0.497 e. The van der Waals surface area contributed by atoms with Gasteiger partial charge in [0.2, 0.25) is 0 Å². The van der Waals surface area contributed by atoms with E-state index in [0.717, 1.165) is 33.3 Å². The van der Waals surface area contributed by atoms with Crippen molar-refractivity contribution >= 4 is 22.4 Å². The number of methoxy groups -OCH3 is 1. The Bertz CT molecular complexity index is 863. The first-order chi connectivity index (χ1) is 10.8. The molecule has 3 nitrogen and oxygen atoms in total. The van der Waals surface area contributed by atoms with Crippen molar-refractivity contribution in [3.8, 4) is 5.75 Å². The summed E-state index contributed by atoms with van der Waals surface area (Å²) in [5.74, 6) is 0.893. The summed E-state index contributed by atoms with van der Waals surface area (Å²) in [6.07, 6.45) is 0. The maximum absolute atomic E-state index is 12.7. The third kappa shape index (κ3) is 1.86.